The van der Waals surface area contributed by atoms with Gasteiger partial charge in [-0.15, -0.1) is 0 Å². The van der Waals surface area contributed by atoms with E-state index < -0.39 is 0 Å². The van der Waals surface area contributed by atoms with Gasteiger partial charge in [-0.2, -0.15) is 0 Å². The third-order valence-corrected chi connectivity index (χ3v) is 5.42. The van der Waals surface area contributed by atoms with Crippen molar-refractivity contribution < 1.29 is 14.3 Å². The van der Waals surface area contributed by atoms with Crippen LogP contribution in [-0.2, 0) is 14.3 Å². The van der Waals surface area contributed by atoms with Crippen molar-refractivity contribution in [2.24, 2.45) is 35.5 Å². The summed E-state index contributed by atoms with van der Waals surface area (Å²) in [6, 6.07) is 0. The predicted octanol–water partition coefficient (Wildman–Crippen LogP) is 2.01. The maximum atomic E-state index is 12.5. The van der Waals surface area contributed by atoms with Crippen molar-refractivity contribution in [2.45, 2.75) is 38.9 Å². The molecule has 0 aliphatic heterocycles. The molecule has 0 aromatic carbocycles. The Morgan fingerprint density at radius 1 is 1.05 bits per heavy atom. The van der Waals surface area contributed by atoms with Gasteiger partial charge >= 0.3 is 0 Å². The van der Waals surface area contributed by atoms with E-state index in [1.54, 1.807) is 0 Å². The Balaban J connectivity index is 1.67. The second kappa shape index (κ2) is 3.38. The highest BCUT2D eigenvalue weighted by molar-refractivity contribution is 5.99. The predicted molar refractivity (Wildman–Crippen MR) is 69.3 cm³/mol. The maximum absolute atomic E-state index is 12.5. The van der Waals surface area contributed by atoms with Crippen LogP contribution in [0.3, 0.4) is 0 Å². The van der Waals surface area contributed by atoms with Crippen LogP contribution in [0, 0.1) is 35.5 Å². The molecule has 4 rings (SSSR count). The number of carbonyl (C=O) groups excluding carboxylic acids is 2. The molecule has 7 unspecified atom stereocenters. The van der Waals surface area contributed by atoms with Crippen molar-refractivity contribution in [2.75, 3.05) is 0 Å². The van der Waals surface area contributed by atoms with Gasteiger partial charge < -0.3 is 4.74 Å². The van der Waals surface area contributed by atoms with Crippen molar-refractivity contribution in [3.63, 3.8) is 0 Å². The summed E-state index contributed by atoms with van der Waals surface area (Å²) in [6.45, 7) is 6.10. The van der Waals surface area contributed by atoms with Crippen LogP contribution in [-0.4, -0.2) is 23.3 Å². The highest BCUT2D eigenvalue weighted by atomic mass is 16.5. The lowest BCUT2D eigenvalue weighted by molar-refractivity contribution is -0.129. The van der Waals surface area contributed by atoms with Crippen molar-refractivity contribution >= 4 is 11.6 Å². The van der Waals surface area contributed by atoms with Gasteiger partial charge in [0, 0.05) is 23.7 Å². The van der Waals surface area contributed by atoms with Crippen molar-refractivity contribution in [1.29, 1.82) is 0 Å². The highest BCUT2D eigenvalue weighted by Crippen LogP contribution is 2.63. The largest absolute Gasteiger partial charge is 0.372 e. The van der Waals surface area contributed by atoms with E-state index in [-0.39, 0.29) is 41.3 Å². The summed E-state index contributed by atoms with van der Waals surface area (Å²) >= 11 is 0. The van der Waals surface area contributed by atoms with Crippen molar-refractivity contribution in [3.8, 4) is 0 Å². The van der Waals surface area contributed by atoms with E-state index in [0.29, 0.717) is 17.5 Å². The molecule has 0 heterocycles. The molecule has 7 atom stereocenters. The van der Waals surface area contributed by atoms with Gasteiger partial charge in [-0.1, -0.05) is 12.2 Å². The van der Waals surface area contributed by atoms with Gasteiger partial charge in [-0.3, -0.25) is 9.59 Å². The summed E-state index contributed by atoms with van der Waals surface area (Å²) in [4.78, 5) is 24.7. The molecular formula is C16H20O3. The molecule has 0 N–H and O–H groups in total. The molecular weight excluding hydrogens is 240 g/mol. The lowest BCUT2D eigenvalue weighted by Gasteiger charge is -2.37. The Hall–Kier alpha value is -0.960. The lowest BCUT2D eigenvalue weighted by atomic mass is 9.72. The van der Waals surface area contributed by atoms with E-state index >= 15 is 0 Å². The zero-order valence-corrected chi connectivity index (χ0v) is 11.6. The van der Waals surface area contributed by atoms with Crippen LogP contribution in [0.2, 0.25) is 0 Å². The number of hydrogen-bond acceptors (Lipinski definition) is 3. The van der Waals surface area contributed by atoms with Gasteiger partial charge in [0.25, 0.3) is 0 Å². The zero-order chi connectivity index (χ0) is 13.5. The summed E-state index contributed by atoms with van der Waals surface area (Å²) < 4.78 is 6.10. The SMILES string of the molecule is CC(C)(C)OC1CC2C(=O)C1C1C3C=CC(C3=O)C21. The fourth-order valence-electron chi connectivity index (χ4n) is 5.05. The molecule has 3 nitrogen and oxygen atoms in total. The molecule has 0 spiro atoms. The Kier molecular flexibility index (Phi) is 2.10. The minimum Gasteiger partial charge on any atom is -0.372 e. The fraction of sp³-hybridized carbons (Fsp3) is 0.750. The molecule has 3 heteroatoms. The van der Waals surface area contributed by atoms with E-state index in [0.717, 1.165) is 6.42 Å². The van der Waals surface area contributed by atoms with Crippen LogP contribution in [0.25, 0.3) is 0 Å². The zero-order valence-electron chi connectivity index (χ0n) is 11.6. The summed E-state index contributed by atoms with van der Waals surface area (Å²) in [7, 11) is 0. The van der Waals surface area contributed by atoms with Gasteiger partial charge in [0.15, 0.2) is 0 Å². The molecule has 0 aromatic rings. The first kappa shape index (κ1) is 11.8. The van der Waals surface area contributed by atoms with E-state index in [4.69, 9.17) is 4.74 Å². The normalized spacial score (nSPS) is 50.4. The average molecular weight is 260 g/mol. The molecule has 0 radical (unpaired) electrons. The van der Waals surface area contributed by atoms with Crippen molar-refractivity contribution in [3.05, 3.63) is 12.2 Å². The second-order valence-corrected chi connectivity index (χ2v) is 7.53. The Morgan fingerprint density at radius 3 is 2.32 bits per heavy atom. The molecule has 3 saturated carbocycles. The van der Waals surface area contributed by atoms with Crippen molar-refractivity contribution in [1.82, 2.24) is 0 Å². The van der Waals surface area contributed by atoms with Crippen LogP contribution in [0.15, 0.2) is 12.2 Å². The molecule has 0 amide bonds. The number of Topliss-reactive ketones (excluding diaryl/α,β-unsaturated/α-hetero) is 2. The van der Waals surface area contributed by atoms with Gasteiger partial charge in [-0.25, -0.2) is 0 Å². The third-order valence-electron chi connectivity index (χ3n) is 5.42. The lowest BCUT2D eigenvalue weighted by Crippen LogP contribution is -2.39. The van der Waals surface area contributed by atoms with Crippen LogP contribution >= 0.6 is 0 Å². The number of ether oxygens (including phenoxy) is 1. The first-order valence-electron chi connectivity index (χ1n) is 7.32. The fourth-order valence-corrected chi connectivity index (χ4v) is 5.05. The van der Waals surface area contributed by atoms with E-state index in [2.05, 4.69) is 0 Å². The van der Waals surface area contributed by atoms with Gasteiger partial charge in [0.1, 0.15) is 11.6 Å². The highest BCUT2D eigenvalue weighted by Gasteiger charge is 2.69. The first-order chi connectivity index (χ1) is 8.88. The number of fused-ring (bicyclic) bond motifs is 9. The van der Waals surface area contributed by atoms with Gasteiger partial charge in [0.2, 0.25) is 0 Å². The summed E-state index contributed by atoms with van der Waals surface area (Å²) in [5.74, 6) is 1.33. The number of hydrogen-bond donors (Lipinski definition) is 0. The summed E-state index contributed by atoms with van der Waals surface area (Å²) in [6.07, 6.45) is 4.93. The minimum atomic E-state index is -0.220. The quantitative estimate of drug-likeness (QED) is 0.535. The van der Waals surface area contributed by atoms with Gasteiger partial charge in [0.05, 0.1) is 11.7 Å². The Morgan fingerprint density at radius 2 is 1.68 bits per heavy atom. The topological polar surface area (TPSA) is 43.4 Å². The molecule has 102 valence electrons. The van der Waals surface area contributed by atoms with E-state index in [1.807, 2.05) is 32.9 Å². The molecule has 0 aromatic heterocycles. The summed E-state index contributed by atoms with van der Waals surface area (Å²) in [5.41, 5.74) is -0.220. The average Bonchev–Trinajstić information content (AvgIpc) is 2.95. The minimum absolute atomic E-state index is 0.000295. The van der Waals surface area contributed by atoms with E-state index in [1.165, 1.54) is 0 Å². The first-order valence-corrected chi connectivity index (χ1v) is 7.32. The van der Waals surface area contributed by atoms with Crippen LogP contribution in [0.4, 0.5) is 0 Å². The van der Waals surface area contributed by atoms with Gasteiger partial charge in [-0.05, 0) is 39.0 Å². The molecule has 4 aliphatic carbocycles. The van der Waals surface area contributed by atoms with Crippen LogP contribution in [0.1, 0.15) is 27.2 Å². The monoisotopic (exact) mass is 260 g/mol. The number of rotatable bonds is 1. The van der Waals surface area contributed by atoms with Crippen LogP contribution in [0.5, 0.6) is 0 Å². The summed E-state index contributed by atoms with van der Waals surface area (Å²) in [5, 5.41) is 0. The third kappa shape index (κ3) is 1.37. The standard InChI is InChI=1S/C16H20O3/c1-16(2,3)19-10-6-9-11-7-4-5-8(14(7)17)12(11)13(10)15(9)18/h4-5,7-13H,6H2,1-3H3. The molecule has 19 heavy (non-hydrogen) atoms. The number of carbonyl (C=O) groups is 2. The number of ketones is 2. The molecule has 4 bridgehead atoms. The van der Waals surface area contributed by atoms with E-state index in [9.17, 15) is 9.59 Å². The number of allylic oxidation sites excluding steroid dienone is 2. The Labute approximate surface area is 113 Å². The molecule has 0 saturated heterocycles. The maximum Gasteiger partial charge on any atom is 0.147 e. The smallest absolute Gasteiger partial charge is 0.147 e. The molecule has 3 fully saturated rings. The Bertz CT molecular complexity index is 499. The second-order valence-electron chi connectivity index (χ2n) is 7.53. The molecule has 4 aliphatic rings. The van der Waals surface area contributed by atoms with Crippen LogP contribution < -0.4 is 0 Å².